The van der Waals surface area contributed by atoms with Crippen molar-refractivity contribution in [3.63, 3.8) is 0 Å². The fourth-order valence-corrected chi connectivity index (χ4v) is 1.29. The van der Waals surface area contributed by atoms with Gasteiger partial charge in [-0.25, -0.2) is 0 Å². The average Bonchev–Trinajstić information content (AvgIpc) is 2.55. The first kappa shape index (κ1) is 13.8. The van der Waals surface area contributed by atoms with E-state index in [9.17, 15) is 0 Å². The molecule has 5 nitrogen and oxygen atoms in total. The summed E-state index contributed by atoms with van der Waals surface area (Å²) >= 11 is 0. The smallest absolute Gasteiger partial charge is 0.293 e. The summed E-state index contributed by atoms with van der Waals surface area (Å²) in [4.78, 5) is 9.40. The highest BCUT2D eigenvalue weighted by atomic mass is 28.1. The van der Waals surface area contributed by atoms with E-state index in [1.54, 1.807) is 26.1 Å². The van der Waals surface area contributed by atoms with Crippen molar-refractivity contribution < 1.29 is 14.3 Å². The molecule has 0 amide bonds. The number of methoxy groups -OCH3 is 2. The zero-order chi connectivity index (χ0) is 10.6. The Bertz CT molecular complexity index is 302. The van der Waals surface area contributed by atoms with Crippen LogP contribution in [0.1, 0.15) is 19.2 Å². The third kappa shape index (κ3) is 2.65. The molecule has 0 radical (unpaired) electrons. The Morgan fingerprint density at radius 3 is 2.27 bits per heavy atom. The van der Waals surface area contributed by atoms with E-state index in [2.05, 4.69) is 11.9 Å². The quantitative estimate of drug-likeness (QED) is 0.640. The molecule has 0 aromatic carbocycles. The highest BCUT2D eigenvalue weighted by Crippen LogP contribution is 2.26. The predicted molar refractivity (Wildman–Crippen MR) is 63.2 cm³/mol. The fraction of sp³-hybridized carbons (Fsp3) is 0.667. The van der Waals surface area contributed by atoms with E-state index in [0.717, 1.165) is 18.7 Å². The van der Waals surface area contributed by atoms with Crippen molar-refractivity contribution in [2.75, 3.05) is 21.3 Å². The monoisotopic (exact) mass is 232 g/mol. The minimum absolute atomic E-state index is 0. The largest absolute Gasteiger partial charge is 0.477 e. The highest BCUT2D eigenvalue weighted by Gasteiger charge is 2.18. The fourth-order valence-electron chi connectivity index (χ4n) is 1.29. The molecule has 1 aromatic heterocycles. The van der Waals surface area contributed by atoms with Crippen LogP contribution in [0, 0.1) is 0 Å². The second kappa shape index (κ2) is 6.34. The molecule has 0 saturated carbocycles. The summed E-state index contributed by atoms with van der Waals surface area (Å²) in [6, 6.07) is 0. The van der Waals surface area contributed by atoms with Gasteiger partial charge >= 0.3 is 0 Å². The number of nitrogens with zero attached hydrogens (tertiary/aromatic N) is 2. The van der Waals surface area contributed by atoms with Crippen LogP contribution in [0.15, 0.2) is 0 Å². The van der Waals surface area contributed by atoms with Crippen LogP contribution in [0.5, 0.6) is 11.8 Å². The first-order valence-electron chi connectivity index (χ1n) is 4.52. The van der Waals surface area contributed by atoms with Gasteiger partial charge in [-0.1, -0.05) is 6.92 Å². The first-order valence-corrected chi connectivity index (χ1v) is 4.52. The van der Waals surface area contributed by atoms with Crippen LogP contribution in [0.25, 0.3) is 0 Å². The van der Waals surface area contributed by atoms with Crippen molar-refractivity contribution in [1.29, 1.82) is 0 Å². The molecule has 1 aromatic rings. The Kier molecular flexibility index (Phi) is 5.84. The number of hydrogen-bond donors (Lipinski definition) is 0. The molecule has 0 aliphatic rings. The molecule has 0 aliphatic heterocycles. The minimum Gasteiger partial charge on any atom is -0.477 e. The van der Waals surface area contributed by atoms with E-state index < -0.39 is 0 Å². The van der Waals surface area contributed by atoms with Crippen molar-refractivity contribution in [3.8, 4) is 11.8 Å². The molecule has 0 atom stereocenters. The zero-order valence-electron chi connectivity index (χ0n) is 9.03. The van der Waals surface area contributed by atoms with Gasteiger partial charge in [0.15, 0.2) is 5.82 Å². The van der Waals surface area contributed by atoms with Crippen molar-refractivity contribution in [2.24, 2.45) is 0 Å². The van der Waals surface area contributed by atoms with Crippen LogP contribution in [0.4, 0.5) is 0 Å². The number of ether oxygens (including phenoxy) is 2. The van der Waals surface area contributed by atoms with Crippen LogP contribution >= 0.6 is 0 Å². The maximum Gasteiger partial charge on any atom is 0.293 e. The molecule has 0 spiro atoms. The van der Waals surface area contributed by atoms with E-state index >= 15 is 0 Å². The van der Waals surface area contributed by atoms with Gasteiger partial charge in [-0.2, -0.15) is 4.98 Å². The normalized spacial score (nSPS) is 9.33. The summed E-state index contributed by atoms with van der Waals surface area (Å²) in [6.45, 7) is 2.08. The molecule has 0 N–H and O–H groups in total. The second-order valence-electron chi connectivity index (χ2n) is 2.77. The van der Waals surface area contributed by atoms with Crippen LogP contribution in [-0.2, 0) is 6.42 Å². The molecule has 0 saturated heterocycles. The van der Waals surface area contributed by atoms with E-state index in [0.29, 0.717) is 11.8 Å². The first-order chi connectivity index (χ1) is 6.78. The summed E-state index contributed by atoms with van der Waals surface area (Å²) in [5, 5.41) is 0. The number of aryl methyl sites for hydroxylation is 1. The Morgan fingerprint density at radius 2 is 1.87 bits per heavy atom. The van der Waals surface area contributed by atoms with E-state index in [-0.39, 0.29) is 11.0 Å². The van der Waals surface area contributed by atoms with Gasteiger partial charge in [0.25, 0.3) is 11.8 Å². The van der Waals surface area contributed by atoms with Gasteiger partial charge in [0.1, 0.15) is 7.11 Å². The van der Waals surface area contributed by atoms with Gasteiger partial charge in [0, 0.05) is 6.42 Å². The molecule has 6 heteroatoms. The lowest BCUT2D eigenvalue weighted by Crippen LogP contribution is -2.11. The van der Waals surface area contributed by atoms with Crippen molar-refractivity contribution in [2.45, 2.75) is 19.8 Å². The Hall–Kier alpha value is -1.17. The lowest BCUT2D eigenvalue weighted by molar-refractivity contribution is 0.129. The van der Waals surface area contributed by atoms with Crippen LogP contribution in [0.3, 0.4) is 0 Å². The van der Waals surface area contributed by atoms with Gasteiger partial charge in [0.05, 0.1) is 14.2 Å². The van der Waals surface area contributed by atoms with Gasteiger partial charge in [-0.05, 0) is 17.4 Å². The number of hydrogen-bond acceptors (Lipinski definition) is 4. The van der Waals surface area contributed by atoms with Crippen molar-refractivity contribution in [3.05, 3.63) is 5.82 Å². The highest BCUT2D eigenvalue weighted by molar-refractivity contribution is 5.75. The molecule has 0 unspecified atom stereocenters. The maximum absolute atomic E-state index is 5.15. The van der Waals surface area contributed by atoms with Gasteiger partial charge in [0.2, 0.25) is 0 Å². The summed E-state index contributed by atoms with van der Waals surface area (Å²) in [6.07, 6.45) is 1.82. The standard InChI is InChI=1S/C9H16N2O3.H4Si/c1-5-6-7-10-8(12-2)9(13-3)11(7)14-4;/h5-6H2,1-4H3;1H4. The second-order valence-corrected chi connectivity index (χ2v) is 2.77. The third-order valence-electron chi connectivity index (χ3n) is 1.88. The summed E-state index contributed by atoms with van der Waals surface area (Å²) in [5.41, 5.74) is 0. The lowest BCUT2D eigenvalue weighted by atomic mass is 10.3. The Balaban J connectivity index is 0.00000196. The SMILES string of the molecule is CCCc1nc(OC)c(OC)n1OC.[SiH4]. The maximum atomic E-state index is 5.15. The summed E-state index contributed by atoms with van der Waals surface area (Å²) in [7, 11) is 4.69. The molecule has 15 heavy (non-hydrogen) atoms. The number of aromatic nitrogens is 2. The topological polar surface area (TPSA) is 45.5 Å². The molecule has 0 bridgehead atoms. The van der Waals surface area contributed by atoms with E-state index in [1.807, 2.05) is 0 Å². The van der Waals surface area contributed by atoms with E-state index in [1.165, 1.54) is 0 Å². The molecule has 0 aliphatic carbocycles. The van der Waals surface area contributed by atoms with Crippen LogP contribution < -0.4 is 14.3 Å². The van der Waals surface area contributed by atoms with Crippen LogP contribution in [-0.4, -0.2) is 42.0 Å². The minimum atomic E-state index is 0. The summed E-state index contributed by atoms with van der Waals surface area (Å²) in [5.74, 6) is 1.76. The molecular weight excluding hydrogens is 212 g/mol. The predicted octanol–water partition coefficient (Wildman–Crippen LogP) is -0.540. The van der Waals surface area contributed by atoms with Gasteiger partial charge in [-0.15, -0.1) is 4.73 Å². The third-order valence-corrected chi connectivity index (χ3v) is 1.88. The van der Waals surface area contributed by atoms with Crippen molar-refractivity contribution >= 4 is 11.0 Å². The lowest BCUT2D eigenvalue weighted by Gasteiger charge is -2.07. The number of rotatable bonds is 5. The van der Waals surface area contributed by atoms with Crippen molar-refractivity contribution in [1.82, 2.24) is 9.71 Å². The molecular formula is C9H20N2O3Si. The van der Waals surface area contributed by atoms with Gasteiger partial charge in [-0.3, -0.25) is 0 Å². The summed E-state index contributed by atoms with van der Waals surface area (Å²) < 4.78 is 11.7. The van der Waals surface area contributed by atoms with Gasteiger partial charge < -0.3 is 14.3 Å². The number of imidazole rings is 1. The zero-order valence-corrected chi connectivity index (χ0v) is 9.03. The van der Waals surface area contributed by atoms with Crippen LogP contribution in [0.2, 0.25) is 0 Å². The molecule has 0 fully saturated rings. The molecule has 1 rings (SSSR count). The Morgan fingerprint density at radius 1 is 1.20 bits per heavy atom. The molecule has 1 heterocycles. The average molecular weight is 232 g/mol. The molecule has 88 valence electrons. The Labute approximate surface area is 94.3 Å². The van der Waals surface area contributed by atoms with E-state index in [4.69, 9.17) is 14.3 Å².